The van der Waals surface area contributed by atoms with E-state index < -0.39 is 36.8 Å². The molecule has 0 radical (unpaired) electrons. The Labute approximate surface area is 161 Å². The zero-order chi connectivity index (χ0) is 20.4. The summed E-state index contributed by atoms with van der Waals surface area (Å²) < 4.78 is 41.1. The molecule has 2 aromatic rings. The van der Waals surface area contributed by atoms with Gasteiger partial charge in [0.25, 0.3) is 0 Å². The zero-order valence-electron chi connectivity index (χ0n) is 14.1. The number of rotatable bonds is 6. The quantitative estimate of drug-likeness (QED) is 0.534. The third-order valence-corrected chi connectivity index (χ3v) is 4.71. The number of aliphatic hydroxyl groups is 2. The molecule has 0 heterocycles. The van der Waals surface area contributed by atoms with Crippen molar-refractivity contribution in [2.75, 3.05) is 11.9 Å². The number of nitrogens with one attached hydrogen (secondary N) is 1. The fourth-order valence-corrected chi connectivity index (χ4v) is 3.33. The molecule has 4 N–H and O–H groups in total. The summed E-state index contributed by atoms with van der Waals surface area (Å²) in [6.07, 6.45) is -6.44. The highest BCUT2D eigenvalue weighted by atomic mass is 79.9. The summed E-state index contributed by atoms with van der Waals surface area (Å²) in [6.45, 7) is 0.588. The van der Waals surface area contributed by atoms with Crippen molar-refractivity contribution in [1.82, 2.24) is 0 Å². The first kappa shape index (κ1) is 21.2. The molecule has 0 aliphatic heterocycles. The molecular formula is C18H17BrF3NO4. The van der Waals surface area contributed by atoms with E-state index in [0.29, 0.717) is 0 Å². The fraction of sp³-hybridized carbons (Fsp3) is 0.278. The number of alkyl halides is 3. The molecule has 2 rings (SSSR count). The van der Waals surface area contributed by atoms with Crippen LogP contribution in [0.15, 0.2) is 34.8 Å². The Kier molecular flexibility index (Phi) is 6.50. The molecule has 1 atom stereocenters. The maximum atomic E-state index is 13.7. The number of carboxylic acid groups (broad SMARTS) is 1. The topological polar surface area (TPSA) is 89.8 Å². The van der Waals surface area contributed by atoms with Crippen molar-refractivity contribution in [3.8, 4) is 0 Å². The van der Waals surface area contributed by atoms with Gasteiger partial charge in [-0.3, -0.25) is 0 Å². The smallest absolute Gasteiger partial charge is 0.417 e. The summed E-state index contributed by atoms with van der Waals surface area (Å²) in [4.78, 5) is 11.3. The Morgan fingerprint density at radius 2 is 1.89 bits per heavy atom. The van der Waals surface area contributed by atoms with E-state index in [1.54, 1.807) is 6.07 Å². The van der Waals surface area contributed by atoms with Crippen LogP contribution in [0.4, 0.5) is 24.5 Å². The highest BCUT2D eigenvalue weighted by molar-refractivity contribution is 9.10. The second-order valence-corrected chi connectivity index (χ2v) is 6.75. The minimum Gasteiger partial charge on any atom is -0.478 e. The molecule has 9 heteroatoms. The highest BCUT2D eigenvalue weighted by Crippen LogP contribution is 2.42. The first-order valence-electron chi connectivity index (χ1n) is 7.83. The van der Waals surface area contributed by atoms with Crippen molar-refractivity contribution in [2.45, 2.75) is 25.6 Å². The van der Waals surface area contributed by atoms with Gasteiger partial charge >= 0.3 is 12.1 Å². The Morgan fingerprint density at radius 3 is 2.44 bits per heavy atom. The summed E-state index contributed by atoms with van der Waals surface area (Å²) >= 11 is 3.09. The van der Waals surface area contributed by atoms with Gasteiger partial charge in [-0.2, -0.15) is 13.2 Å². The number of anilines is 2. The number of aliphatic hydroxyl groups excluding tert-OH is 2. The van der Waals surface area contributed by atoms with Gasteiger partial charge in [0.1, 0.15) is 0 Å². The van der Waals surface area contributed by atoms with Crippen molar-refractivity contribution in [3.05, 3.63) is 57.1 Å². The van der Waals surface area contributed by atoms with Gasteiger partial charge < -0.3 is 20.6 Å². The second-order valence-electron chi connectivity index (χ2n) is 5.90. The monoisotopic (exact) mass is 447 g/mol. The molecule has 0 fully saturated rings. The summed E-state index contributed by atoms with van der Waals surface area (Å²) in [5.74, 6) is -1.21. The van der Waals surface area contributed by atoms with E-state index in [9.17, 15) is 28.2 Å². The van der Waals surface area contributed by atoms with Gasteiger partial charge in [0, 0.05) is 16.6 Å². The van der Waals surface area contributed by atoms with E-state index in [4.69, 9.17) is 5.11 Å². The van der Waals surface area contributed by atoms with Crippen LogP contribution in [0.2, 0.25) is 0 Å². The lowest BCUT2D eigenvalue weighted by Crippen LogP contribution is -2.21. The Bertz CT molecular complexity index is 855. The van der Waals surface area contributed by atoms with Gasteiger partial charge in [0.15, 0.2) is 0 Å². The van der Waals surface area contributed by atoms with Crippen LogP contribution in [0.5, 0.6) is 0 Å². The fourth-order valence-electron chi connectivity index (χ4n) is 2.74. The van der Waals surface area contributed by atoms with Gasteiger partial charge in [-0.15, -0.1) is 0 Å². The second kappa shape index (κ2) is 8.28. The van der Waals surface area contributed by atoms with Crippen molar-refractivity contribution >= 4 is 33.3 Å². The lowest BCUT2D eigenvalue weighted by molar-refractivity contribution is -0.138. The van der Waals surface area contributed by atoms with Crippen LogP contribution in [-0.4, -0.2) is 34.0 Å². The van der Waals surface area contributed by atoms with E-state index in [-0.39, 0.29) is 32.5 Å². The SMILES string of the molecule is Cc1c(Nc2ccccc2C(=O)O)cc(Br)c(CC(O)CO)c1C(F)(F)F. The van der Waals surface area contributed by atoms with Crippen LogP contribution in [0.3, 0.4) is 0 Å². The molecule has 0 spiro atoms. The number of aromatic carboxylic acids is 1. The maximum absolute atomic E-state index is 13.7. The average Bonchev–Trinajstić information content (AvgIpc) is 2.58. The van der Waals surface area contributed by atoms with Gasteiger partial charge in [-0.25, -0.2) is 4.79 Å². The number of benzene rings is 2. The summed E-state index contributed by atoms with van der Waals surface area (Å²) in [6, 6.07) is 7.26. The molecule has 27 heavy (non-hydrogen) atoms. The van der Waals surface area contributed by atoms with Gasteiger partial charge in [0.05, 0.1) is 29.5 Å². The molecule has 146 valence electrons. The van der Waals surface area contributed by atoms with Gasteiger partial charge in [-0.05, 0) is 36.2 Å². The van der Waals surface area contributed by atoms with Crippen molar-refractivity contribution in [1.29, 1.82) is 0 Å². The zero-order valence-corrected chi connectivity index (χ0v) is 15.7. The van der Waals surface area contributed by atoms with Gasteiger partial charge in [-0.1, -0.05) is 28.1 Å². The summed E-state index contributed by atoms with van der Waals surface area (Å²) in [7, 11) is 0. The van der Waals surface area contributed by atoms with E-state index >= 15 is 0 Å². The number of halogens is 4. The molecule has 0 aliphatic rings. The van der Waals surface area contributed by atoms with Crippen molar-refractivity contribution in [3.63, 3.8) is 0 Å². The van der Waals surface area contributed by atoms with Crippen LogP contribution in [0.1, 0.15) is 27.0 Å². The predicted octanol–water partition coefficient (Wildman–Crippen LogP) is 4.11. The Balaban J connectivity index is 2.60. The largest absolute Gasteiger partial charge is 0.478 e. The first-order chi connectivity index (χ1) is 12.6. The molecule has 0 amide bonds. The van der Waals surface area contributed by atoms with Gasteiger partial charge in [0.2, 0.25) is 0 Å². The highest BCUT2D eigenvalue weighted by Gasteiger charge is 2.37. The number of para-hydroxylation sites is 1. The van der Waals surface area contributed by atoms with Crippen LogP contribution < -0.4 is 5.32 Å². The molecule has 0 saturated carbocycles. The van der Waals surface area contributed by atoms with Crippen molar-refractivity contribution in [2.24, 2.45) is 0 Å². The molecular weight excluding hydrogens is 431 g/mol. The summed E-state index contributed by atoms with van der Waals surface area (Å²) in [5.41, 5.74) is -1.13. The molecule has 2 aromatic carbocycles. The average molecular weight is 448 g/mol. The van der Waals surface area contributed by atoms with Crippen LogP contribution in [0, 0.1) is 6.92 Å². The molecule has 0 aliphatic carbocycles. The van der Waals surface area contributed by atoms with Crippen LogP contribution in [0.25, 0.3) is 0 Å². The van der Waals surface area contributed by atoms with Crippen LogP contribution in [-0.2, 0) is 12.6 Å². The van der Waals surface area contributed by atoms with E-state index in [0.717, 1.165) is 0 Å². The molecule has 0 bridgehead atoms. The third kappa shape index (κ3) is 4.79. The lowest BCUT2D eigenvalue weighted by atomic mass is 9.95. The summed E-state index contributed by atoms with van der Waals surface area (Å²) in [5, 5.41) is 30.6. The molecule has 0 aromatic heterocycles. The minimum atomic E-state index is -4.71. The van der Waals surface area contributed by atoms with E-state index in [1.807, 2.05) is 0 Å². The molecule has 5 nitrogen and oxygen atoms in total. The Hall–Kier alpha value is -2.10. The predicted molar refractivity (Wildman–Crippen MR) is 97.4 cm³/mol. The number of carbonyl (C=O) groups is 1. The van der Waals surface area contributed by atoms with E-state index in [1.165, 1.54) is 31.2 Å². The molecule has 0 saturated heterocycles. The first-order valence-corrected chi connectivity index (χ1v) is 8.63. The maximum Gasteiger partial charge on any atom is 0.417 e. The lowest BCUT2D eigenvalue weighted by Gasteiger charge is -2.22. The standard InChI is InChI=1S/C18H17BrF3NO4/c1-9-15(23-14-5-3-2-4-11(14)17(26)27)7-13(19)12(6-10(25)8-24)16(9)18(20,21)22/h2-5,7,10,23-25H,6,8H2,1H3,(H,26,27). The van der Waals surface area contributed by atoms with Crippen LogP contribution >= 0.6 is 15.9 Å². The normalized spacial score (nSPS) is 12.7. The number of hydrogen-bond donors (Lipinski definition) is 4. The minimum absolute atomic E-state index is 0.0742. The third-order valence-electron chi connectivity index (χ3n) is 4.00. The number of carboxylic acids is 1. The number of hydrogen-bond acceptors (Lipinski definition) is 4. The van der Waals surface area contributed by atoms with Crippen molar-refractivity contribution < 1.29 is 33.3 Å². The van der Waals surface area contributed by atoms with E-state index in [2.05, 4.69) is 21.2 Å². The molecule has 1 unspecified atom stereocenters. The Morgan fingerprint density at radius 1 is 1.26 bits per heavy atom.